The number of hydrogen-bond donors (Lipinski definition) is 2. The maximum atomic E-state index is 11.5. The molecule has 1 aliphatic rings. The molecule has 0 saturated carbocycles. The van der Waals surface area contributed by atoms with E-state index in [4.69, 9.17) is 10.5 Å². The number of hydrogen-bond acceptors (Lipinski definition) is 4. The number of rotatable bonds is 4. The molecule has 1 amide bonds. The number of nitrogens with zero attached hydrogens (tertiary/aromatic N) is 1. The van der Waals surface area contributed by atoms with Crippen molar-refractivity contribution >= 4 is 16.8 Å². The van der Waals surface area contributed by atoms with Crippen LogP contribution >= 0.6 is 0 Å². The molecule has 0 spiro atoms. The number of ether oxygens (including phenoxy) is 1. The van der Waals surface area contributed by atoms with Crippen LogP contribution in [0, 0.1) is 5.92 Å². The van der Waals surface area contributed by atoms with E-state index in [2.05, 4.69) is 16.4 Å². The molecule has 0 aliphatic carbocycles. The Morgan fingerprint density at radius 2 is 2.19 bits per heavy atom. The fraction of sp³-hybridized carbons (Fsp3) is 0.375. The molecular weight excluding hydrogens is 266 g/mol. The van der Waals surface area contributed by atoms with Crippen LogP contribution in [-0.2, 0) is 16.0 Å². The summed E-state index contributed by atoms with van der Waals surface area (Å²) in [6.07, 6.45) is 2.69. The normalized spacial score (nSPS) is 21.6. The van der Waals surface area contributed by atoms with Crippen molar-refractivity contribution in [2.45, 2.75) is 12.5 Å². The number of amides is 1. The SMILES string of the molecule is NCC(=O)N[C@H]1COC[C@H]1Cc1ccnc2ccccc12. The van der Waals surface area contributed by atoms with Gasteiger partial charge in [-0.1, -0.05) is 18.2 Å². The molecule has 0 bridgehead atoms. The number of para-hydroxylation sites is 1. The first-order valence-electron chi connectivity index (χ1n) is 7.17. The van der Waals surface area contributed by atoms with Crippen LogP contribution in [-0.4, -0.2) is 36.7 Å². The second kappa shape index (κ2) is 6.20. The molecule has 3 N–H and O–H groups in total. The molecule has 2 atom stereocenters. The van der Waals surface area contributed by atoms with Crippen LogP contribution < -0.4 is 11.1 Å². The van der Waals surface area contributed by atoms with Crippen LogP contribution in [0.1, 0.15) is 5.56 Å². The molecule has 1 fully saturated rings. The van der Waals surface area contributed by atoms with Gasteiger partial charge in [0.25, 0.3) is 0 Å². The van der Waals surface area contributed by atoms with E-state index in [1.807, 2.05) is 30.5 Å². The zero-order chi connectivity index (χ0) is 14.7. The highest BCUT2D eigenvalue weighted by Gasteiger charge is 2.29. The Balaban J connectivity index is 1.79. The molecule has 0 radical (unpaired) electrons. The standard InChI is InChI=1S/C16H19N3O2/c17-8-16(20)19-15-10-21-9-12(15)7-11-5-6-18-14-4-2-1-3-13(11)14/h1-6,12,15H,7-10,17H2,(H,19,20)/t12-,15+/m1/s1. The smallest absolute Gasteiger partial charge is 0.234 e. The molecule has 0 unspecified atom stereocenters. The molecule has 2 aromatic rings. The Morgan fingerprint density at radius 1 is 1.33 bits per heavy atom. The lowest BCUT2D eigenvalue weighted by Gasteiger charge is -2.19. The Hall–Kier alpha value is -1.98. The van der Waals surface area contributed by atoms with E-state index in [1.54, 1.807) is 0 Å². The maximum absolute atomic E-state index is 11.5. The van der Waals surface area contributed by atoms with Crippen molar-refractivity contribution in [2.24, 2.45) is 11.7 Å². The number of nitrogens with two attached hydrogens (primary N) is 1. The Kier molecular flexibility index (Phi) is 4.13. The molecular formula is C16H19N3O2. The quantitative estimate of drug-likeness (QED) is 0.873. The largest absolute Gasteiger partial charge is 0.379 e. The summed E-state index contributed by atoms with van der Waals surface area (Å²) in [5, 5.41) is 4.11. The Bertz CT molecular complexity index is 639. The predicted octanol–water partition coefficient (Wildman–Crippen LogP) is 0.867. The fourth-order valence-corrected chi connectivity index (χ4v) is 2.84. The monoisotopic (exact) mass is 285 g/mol. The van der Waals surface area contributed by atoms with E-state index in [0.717, 1.165) is 17.3 Å². The lowest BCUT2D eigenvalue weighted by atomic mass is 9.93. The predicted molar refractivity (Wildman–Crippen MR) is 80.7 cm³/mol. The average molecular weight is 285 g/mol. The third-order valence-corrected chi connectivity index (χ3v) is 3.95. The summed E-state index contributed by atoms with van der Waals surface area (Å²) in [5.74, 6) is 0.140. The summed E-state index contributed by atoms with van der Waals surface area (Å²) in [6.45, 7) is 1.23. The first-order chi connectivity index (χ1) is 10.3. The summed E-state index contributed by atoms with van der Waals surface area (Å²) >= 11 is 0. The minimum absolute atomic E-state index is 0.0153. The zero-order valence-electron chi connectivity index (χ0n) is 11.8. The van der Waals surface area contributed by atoms with Gasteiger partial charge in [0.1, 0.15) is 0 Å². The minimum Gasteiger partial charge on any atom is -0.379 e. The highest BCUT2D eigenvalue weighted by Crippen LogP contribution is 2.24. The summed E-state index contributed by atoms with van der Waals surface area (Å²) < 4.78 is 5.53. The van der Waals surface area contributed by atoms with Gasteiger partial charge >= 0.3 is 0 Å². The first kappa shape index (κ1) is 14.0. The number of pyridine rings is 1. The Morgan fingerprint density at radius 3 is 3.05 bits per heavy atom. The summed E-state index contributed by atoms with van der Waals surface area (Å²) in [5.41, 5.74) is 7.60. The molecule has 5 nitrogen and oxygen atoms in total. The van der Waals surface area contributed by atoms with Gasteiger partial charge in [0.2, 0.25) is 5.91 Å². The third-order valence-electron chi connectivity index (χ3n) is 3.95. The van der Waals surface area contributed by atoms with Crippen LogP contribution in [0.3, 0.4) is 0 Å². The van der Waals surface area contributed by atoms with Crippen molar-refractivity contribution in [1.82, 2.24) is 10.3 Å². The molecule has 3 rings (SSSR count). The lowest BCUT2D eigenvalue weighted by Crippen LogP contribution is -2.43. The number of carbonyl (C=O) groups excluding carboxylic acids is 1. The molecule has 110 valence electrons. The highest BCUT2D eigenvalue weighted by molar-refractivity contribution is 5.82. The van der Waals surface area contributed by atoms with Crippen LogP contribution in [0.5, 0.6) is 0 Å². The summed E-state index contributed by atoms with van der Waals surface area (Å²) in [6, 6.07) is 10.2. The molecule has 5 heteroatoms. The fourth-order valence-electron chi connectivity index (χ4n) is 2.84. The van der Waals surface area contributed by atoms with Crippen molar-refractivity contribution in [3.05, 3.63) is 42.1 Å². The van der Waals surface area contributed by atoms with Crippen molar-refractivity contribution in [3.8, 4) is 0 Å². The molecule has 1 aliphatic heterocycles. The minimum atomic E-state index is -0.130. The van der Waals surface area contributed by atoms with E-state index in [0.29, 0.717) is 13.2 Å². The number of benzene rings is 1. The summed E-state index contributed by atoms with van der Waals surface area (Å²) in [7, 11) is 0. The van der Waals surface area contributed by atoms with Crippen molar-refractivity contribution < 1.29 is 9.53 Å². The first-order valence-corrected chi connectivity index (χ1v) is 7.17. The van der Waals surface area contributed by atoms with Gasteiger partial charge in [0.15, 0.2) is 0 Å². The second-order valence-electron chi connectivity index (χ2n) is 5.37. The van der Waals surface area contributed by atoms with Gasteiger partial charge in [0, 0.05) is 17.5 Å². The average Bonchev–Trinajstić information content (AvgIpc) is 2.94. The van der Waals surface area contributed by atoms with Crippen molar-refractivity contribution in [2.75, 3.05) is 19.8 Å². The van der Waals surface area contributed by atoms with Gasteiger partial charge in [-0.25, -0.2) is 0 Å². The second-order valence-corrected chi connectivity index (χ2v) is 5.37. The molecule has 1 saturated heterocycles. The number of nitrogens with one attached hydrogen (secondary N) is 1. The van der Waals surface area contributed by atoms with Crippen LogP contribution in [0.25, 0.3) is 10.9 Å². The van der Waals surface area contributed by atoms with E-state index in [1.165, 1.54) is 5.56 Å². The highest BCUT2D eigenvalue weighted by atomic mass is 16.5. The van der Waals surface area contributed by atoms with E-state index in [-0.39, 0.29) is 24.4 Å². The van der Waals surface area contributed by atoms with Gasteiger partial charge in [-0.15, -0.1) is 0 Å². The van der Waals surface area contributed by atoms with Crippen LogP contribution in [0.2, 0.25) is 0 Å². The topological polar surface area (TPSA) is 77.2 Å². The number of fused-ring (bicyclic) bond motifs is 1. The van der Waals surface area contributed by atoms with Crippen LogP contribution in [0.15, 0.2) is 36.5 Å². The van der Waals surface area contributed by atoms with Gasteiger partial charge < -0.3 is 15.8 Å². The molecule has 2 heterocycles. The summed E-state index contributed by atoms with van der Waals surface area (Å²) in [4.78, 5) is 15.9. The van der Waals surface area contributed by atoms with Gasteiger partial charge in [0.05, 0.1) is 31.3 Å². The van der Waals surface area contributed by atoms with E-state index in [9.17, 15) is 4.79 Å². The molecule has 21 heavy (non-hydrogen) atoms. The number of carbonyl (C=O) groups is 1. The van der Waals surface area contributed by atoms with Crippen molar-refractivity contribution in [3.63, 3.8) is 0 Å². The molecule has 1 aromatic carbocycles. The van der Waals surface area contributed by atoms with E-state index >= 15 is 0 Å². The Labute approximate surface area is 123 Å². The lowest BCUT2D eigenvalue weighted by molar-refractivity contribution is -0.120. The molecule has 1 aromatic heterocycles. The van der Waals surface area contributed by atoms with Crippen LogP contribution in [0.4, 0.5) is 0 Å². The maximum Gasteiger partial charge on any atom is 0.234 e. The zero-order valence-corrected chi connectivity index (χ0v) is 11.8. The van der Waals surface area contributed by atoms with Gasteiger partial charge in [-0.2, -0.15) is 0 Å². The number of aromatic nitrogens is 1. The van der Waals surface area contributed by atoms with Crippen molar-refractivity contribution in [1.29, 1.82) is 0 Å². The van der Waals surface area contributed by atoms with Gasteiger partial charge in [-0.3, -0.25) is 9.78 Å². The third kappa shape index (κ3) is 3.04. The van der Waals surface area contributed by atoms with E-state index < -0.39 is 0 Å². The van der Waals surface area contributed by atoms with Gasteiger partial charge in [-0.05, 0) is 24.1 Å².